The second-order valence-electron chi connectivity index (χ2n) is 4.77. The number of ketones is 1. The number of phenolic OH excluding ortho intramolecular Hbond substituents is 1. The van der Waals surface area contributed by atoms with Gasteiger partial charge in [0, 0.05) is 0 Å². The molecule has 5 heteroatoms. The molecule has 3 rings (SSSR count). The van der Waals surface area contributed by atoms with Crippen molar-refractivity contribution in [1.29, 1.82) is 0 Å². The fraction of sp³-hybridized carbons (Fsp3) is 0.188. The third-order valence-electron chi connectivity index (χ3n) is 3.50. The number of aliphatic hydroxyl groups is 1. The number of carbonyl (C=O) groups is 1. The summed E-state index contributed by atoms with van der Waals surface area (Å²) in [6, 6.07) is 11.5. The van der Waals surface area contributed by atoms with E-state index in [1.807, 2.05) is 0 Å². The molecule has 0 spiro atoms. The molecule has 1 heterocycles. The van der Waals surface area contributed by atoms with Gasteiger partial charge in [-0.3, -0.25) is 4.79 Å². The van der Waals surface area contributed by atoms with Crippen molar-refractivity contribution in [3.63, 3.8) is 0 Å². The number of hydrogen-bond acceptors (Lipinski definition) is 5. The molecule has 0 bridgehead atoms. The fourth-order valence-electron chi connectivity index (χ4n) is 2.40. The molecule has 0 saturated carbocycles. The molecular weight excluding hydrogens is 272 g/mol. The maximum atomic E-state index is 12.2. The molecule has 0 aliphatic carbocycles. The number of benzene rings is 2. The van der Waals surface area contributed by atoms with Crippen LogP contribution in [-0.2, 0) is 0 Å². The number of aromatic hydroxyl groups is 1. The summed E-state index contributed by atoms with van der Waals surface area (Å²) >= 11 is 0. The van der Waals surface area contributed by atoms with Gasteiger partial charge in [0.25, 0.3) is 0 Å². The van der Waals surface area contributed by atoms with Gasteiger partial charge in [-0.1, -0.05) is 18.2 Å². The lowest BCUT2D eigenvalue weighted by atomic mass is 9.93. The van der Waals surface area contributed by atoms with E-state index >= 15 is 0 Å². The van der Waals surface area contributed by atoms with Crippen LogP contribution >= 0.6 is 0 Å². The molecule has 0 amide bonds. The lowest BCUT2D eigenvalue weighted by Gasteiger charge is -2.30. The minimum absolute atomic E-state index is 0.0229. The molecule has 5 nitrogen and oxygen atoms in total. The summed E-state index contributed by atoms with van der Waals surface area (Å²) in [5.41, 5.74) is 0.681. The Labute approximate surface area is 121 Å². The van der Waals surface area contributed by atoms with E-state index in [1.165, 1.54) is 6.07 Å². The second-order valence-corrected chi connectivity index (χ2v) is 4.77. The molecule has 2 N–H and O–H groups in total. The summed E-state index contributed by atoms with van der Waals surface area (Å²) in [7, 11) is 1.56. The summed E-state index contributed by atoms with van der Waals surface area (Å²) in [6.45, 7) is 0. The molecule has 0 radical (unpaired) electrons. The molecule has 2 aromatic carbocycles. The second kappa shape index (κ2) is 5.10. The highest BCUT2D eigenvalue weighted by Crippen LogP contribution is 2.39. The molecule has 0 saturated heterocycles. The topological polar surface area (TPSA) is 76.0 Å². The van der Waals surface area contributed by atoms with Crippen LogP contribution in [-0.4, -0.2) is 29.2 Å². The Bertz CT molecular complexity index is 678. The zero-order valence-corrected chi connectivity index (χ0v) is 11.3. The van der Waals surface area contributed by atoms with Gasteiger partial charge in [-0.15, -0.1) is 0 Å². The van der Waals surface area contributed by atoms with E-state index in [1.54, 1.807) is 43.5 Å². The first-order chi connectivity index (χ1) is 10.1. The van der Waals surface area contributed by atoms with Crippen molar-refractivity contribution in [2.75, 3.05) is 7.11 Å². The lowest BCUT2D eigenvalue weighted by Crippen LogP contribution is -2.36. The van der Waals surface area contributed by atoms with Crippen molar-refractivity contribution in [3.8, 4) is 17.2 Å². The van der Waals surface area contributed by atoms with Gasteiger partial charge in [0.15, 0.2) is 12.2 Å². The third kappa shape index (κ3) is 2.21. The van der Waals surface area contributed by atoms with Crippen molar-refractivity contribution in [2.45, 2.75) is 12.2 Å². The highest BCUT2D eigenvalue weighted by Gasteiger charge is 2.38. The third-order valence-corrected chi connectivity index (χ3v) is 3.50. The maximum Gasteiger partial charge on any atom is 0.202 e. The minimum atomic E-state index is -1.36. The highest BCUT2D eigenvalue weighted by molar-refractivity contribution is 6.05. The maximum absolute atomic E-state index is 12.2. The number of ether oxygens (including phenoxy) is 2. The van der Waals surface area contributed by atoms with Crippen LogP contribution in [0.25, 0.3) is 0 Å². The van der Waals surface area contributed by atoms with Gasteiger partial charge in [0.05, 0.1) is 7.11 Å². The smallest absolute Gasteiger partial charge is 0.202 e. The molecular formula is C16H14O5. The van der Waals surface area contributed by atoms with Gasteiger partial charge in [-0.25, -0.2) is 0 Å². The van der Waals surface area contributed by atoms with Crippen LogP contribution in [0.1, 0.15) is 22.0 Å². The predicted octanol–water partition coefficient (Wildman–Crippen LogP) is 2.08. The first kappa shape index (κ1) is 13.5. The van der Waals surface area contributed by atoms with Crippen molar-refractivity contribution in [3.05, 3.63) is 53.6 Å². The minimum Gasteiger partial charge on any atom is -0.507 e. The van der Waals surface area contributed by atoms with Crippen LogP contribution in [0.4, 0.5) is 0 Å². The van der Waals surface area contributed by atoms with Gasteiger partial charge in [-0.05, 0) is 29.8 Å². The average molecular weight is 286 g/mol. The summed E-state index contributed by atoms with van der Waals surface area (Å²) in [4.78, 5) is 12.2. The number of fused-ring (bicyclic) bond motifs is 1. The van der Waals surface area contributed by atoms with Crippen LogP contribution in [0.3, 0.4) is 0 Å². The van der Waals surface area contributed by atoms with E-state index in [9.17, 15) is 15.0 Å². The Morgan fingerprint density at radius 3 is 2.52 bits per heavy atom. The average Bonchev–Trinajstić information content (AvgIpc) is 2.51. The fourth-order valence-corrected chi connectivity index (χ4v) is 2.40. The SMILES string of the molecule is COc1ccc([C@H]2Oc3cccc(O)c3C(=O)[C@@H]2O)cc1. The Hall–Kier alpha value is -2.53. The number of methoxy groups -OCH3 is 1. The normalized spacial score (nSPS) is 20.6. The largest absolute Gasteiger partial charge is 0.507 e. The quantitative estimate of drug-likeness (QED) is 0.884. The van der Waals surface area contributed by atoms with Crippen molar-refractivity contribution < 1.29 is 24.5 Å². The Balaban J connectivity index is 2.00. The van der Waals surface area contributed by atoms with Crippen molar-refractivity contribution in [1.82, 2.24) is 0 Å². The first-order valence-electron chi connectivity index (χ1n) is 6.46. The van der Waals surface area contributed by atoms with E-state index in [-0.39, 0.29) is 17.1 Å². The Morgan fingerprint density at radius 2 is 1.86 bits per heavy atom. The molecule has 2 atom stereocenters. The van der Waals surface area contributed by atoms with Crippen LogP contribution in [0.5, 0.6) is 17.2 Å². The van der Waals surface area contributed by atoms with Gasteiger partial charge in [0.2, 0.25) is 5.78 Å². The van der Waals surface area contributed by atoms with Crippen LogP contribution in [0.2, 0.25) is 0 Å². The standard InChI is InChI=1S/C16H14O5/c1-20-10-7-5-9(6-8-10)16-15(19)14(18)13-11(17)3-2-4-12(13)21-16/h2-8,15-17,19H,1H3/t15-,16+/m0/s1. The number of rotatable bonds is 2. The number of phenols is 1. The summed E-state index contributed by atoms with van der Waals surface area (Å²) in [6.07, 6.45) is -2.17. The molecule has 0 aromatic heterocycles. The number of hydrogen-bond donors (Lipinski definition) is 2. The van der Waals surface area contributed by atoms with E-state index < -0.39 is 18.0 Å². The van der Waals surface area contributed by atoms with Gasteiger partial charge >= 0.3 is 0 Å². The molecule has 108 valence electrons. The number of aliphatic hydroxyl groups excluding tert-OH is 1. The van der Waals surface area contributed by atoms with Crippen LogP contribution < -0.4 is 9.47 Å². The summed E-state index contributed by atoms with van der Waals surface area (Å²) in [5, 5.41) is 19.9. The van der Waals surface area contributed by atoms with Gasteiger partial charge < -0.3 is 19.7 Å². The van der Waals surface area contributed by atoms with Crippen LogP contribution in [0, 0.1) is 0 Å². The Morgan fingerprint density at radius 1 is 1.14 bits per heavy atom. The molecule has 1 aliphatic rings. The Kier molecular flexibility index (Phi) is 3.27. The zero-order valence-electron chi connectivity index (χ0n) is 11.3. The van der Waals surface area contributed by atoms with E-state index in [0.717, 1.165) is 0 Å². The molecule has 1 aliphatic heterocycles. The monoisotopic (exact) mass is 286 g/mol. The van der Waals surface area contributed by atoms with Gasteiger partial charge in [-0.2, -0.15) is 0 Å². The predicted molar refractivity (Wildman–Crippen MR) is 74.8 cm³/mol. The van der Waals surface area contributed by atoms with E-state index in [4.69, 9.17) is 9.47 Å². The number of carbonyl (C=O) groups excluding carboxylic acids is 1. The lowest BCUT2D eigenvalue weighted by molar-refractivity contribution is 0.0211. The van der Waals surface area contributed by atoms with E-state index in [2.05, 4.69) is 0 Å². The van der Waals surface area contributed by atoms with Gasteiger partial charge in [0.1, 0.15) is 22.8 Å². The molecule has 0 unspecified atom stereocenters. The van der Waals surface area contributed by atoms with Crippen molar-refractivity contribution >= 4 is 5.78 Å². The molecule has 21 heavy (non-hydrogen) atoms. The summed E-state index contributed by atoms with van der Waals surface area (Å²) in [5.74, 6) is 0.208. The van der Waals surface area contributed by atoms with Crippen LogP contribution in [0.15, 0.2) is 42.5 Å². The first-order valence-corrected chi connectivity index (χ1v) is 6.46. The zero-order chi connectivity index (χ0) is 15.0. The highest BCUT2D eigenvalue weighted by atomic mass is 16.5. The summed E-state index contributed by atoms with van der Waals surface area (Å²) < 4.78 is 10.8. The van der Waals surface area contributed by atoms with E-state index in [0.29, 0.717) is 11.3 Å². The number of Topliss-reactive ketones (excluding diaryl/α,β-unsaturated/α-hetero) is 1. The molecule has 2 aromatic rings. The molecule has 0 fully saturated rings. The van der Waals surface area contributed by atoms with Crippen molar-refractivity contribution in [2.24, 2.45) is 0 Å².